The Balaban J connectivity index is 2.06. The Kier molecular flexibility index (Phi) is 4.04. The summed E-state index contributed by atoms with van der Waals surface area (Å²) in [6.07, 6.45) is 5.71. The van der Waals surface area contributed by atoms with Gasteiger partial charge in [-0.25, -0.2) is 0 Å². The van der Waals surface area contributed by atoms with Crippen molar-refractivity contribution in [3.63, 3.8) is 0 Å². The van der Waals surface area contributed by atoms with Crippen LogP contribution in [0.4, 0.5) is 5.69 Å². The molecule has 0 fully saturated rings. The fourth-order valence-electron chi connectivity index (χ4n) is 1.67. The molecule has 88 valence electrons. The van der Waals surface area contributed by atoms with Gasteiger partial charge in [0.25, 0.3) is 0 Å². The van der Waals surface area contributed by atoms with E-state index in [4.69, 9.17) is 0 Å². The van der Waals surface area contributed by atoms with Crippen molar-refractivity contribution in [2.24, 2.45) is 0 Å². The molecule has 0 saturated carbocycles. The summed E-state index contributed by atoms with van der Waals surface area (Å²) in [5.41, 5.74) is 2.33. The van der Waals surface area contributed by atoms with E-state index in [1.165, 1.54) is 10.5 Å². The number of hydrogen-bond donors (Lipinski definition) is 1. The van der Waals surface area contributed by atoms with Crippen LogP contribution in [-0.2, 0) is 0 Å². The van der Waals surface area contributed by atoms with Crippen LogP contribution in [0.5, 0.6) is 0 Å². The summed E-state index contributed by atoms with van der Waals surface area (Å²) in [5, 5.41) is 3.43. The van der Waals surface area contributed by atoms with E-state index in [0.29, 0.717) is 0 Å². The fraction of sp³-hybridized carbons (Fsp3) is 0.214. The van der Waals surface area contributed by atoms with Crippen molar-refractivity contribution in [2.45, 2.75) is 17.9 Å². The Morgan fingerprint density at radius 3 is 2.53 bits per heavy atom. The van der Waals surface area contributed by atoms with Crippen LogP contribution < -0.4 is 5.32 Å². The first-order valence-corrected chi connectivity index (χ1v) is 6.82. The minimum Gasteiger partial charge on any atom is -0.377 e. The van der Waals surface area contributed by atoms with Crippen LogP contribution in [0.25, 0.3) is 0 Å². The summed E-state index contributed by atoms with van der Waals surface area (Å²) in [7, 11) is 0. The van der Waals surface area contributed by atoms with Crippen molar-refractivity contribution in [1.82, 2.24) is 4.98 Å². The largest absolute Gasteiger partial charge is 0.377 e. The van der Waals surface area contributed by atoms with E-state index in [1.807, 2.05) is 18.3 Å². The van der Waals surface area contributed by atoms with Crippen molar-refractivity contribution < 1.29 is 0 Å². The monoisotopic (exact) mass is 244 g/mol. The highest BCUT2D eigenvalue weighted by atomic mass is 32.2. The van der Waals surface area contributed by atoms with Gasteiger partial charge in [0.15, 0.2) is 0 Å². The molecule has 0 aliphatic carbocycles. The standard InChI is InChI=1S/C14H16N2S/c1-11(16-13-4-3-9-15-10-13)12-5-7-14(17-2)8-6-12/h3-11,16H,1-2H3. The summed E-state index contributed by atoms with van der Waals surface area (Å²) < 4.78 is 0. The maximum atomic E-state index is 4.09. The van der Waals surface area contributed by atoms with E-state index in [9.17, 15) is 0 Å². The predicted molar refractivity (Wildman–Crippen MR) is 74.5 cm³/mol. The Morgan fingerprint density at radius 2 is 1.94 bits per heavy atom. The van der Waals surface area contributed by atoms with Crippen molar-refractivity contribution in [3.8, 4) is 0 Å². The van der Waals surface area contributed by atoms with Crippen molar-refractivity contribution in [3.05, 3.63) is 54.4 Å². The number of pyridine rings is 1. The third-order valence-electron chi connectivity index (χ3n) is 2.66. The molecule has 0 saturated heterocycles. The van der Waals surface area contributed by atoms with Gasteiger partial charge in [-0.3, -0.25) is 4.98 Å². The van der Waals surface area contributed by atoms with Gasteiger partial charge in [0, 0.05) is 23.3 Å². The van der Waals surface area contributed by atoms with E-state index >= 15 is 0 Å². The van der Waals surface area contributed by atoms with Gasteiger partial charge < -0.3 is 5.32 Å². The molecule has 2 rings (SSSR count). The van der Waals surface area contributed by atoms with Crippen LogP contribution in [0.1, 0.15) is 18.5 Å². The van der Waals surface area contributed by atoms with Crippen molar-refractivity contribution >= 4 is 17.4 Å². The normalized spacial score (nSPS) is 12.1. The van der Waals surface area contributed by atoms with Gasteiger partial charge in [0.05, 0.1) is 5.69 Å². The molecule has 1 aromatic heterocycles. The summed E-state index contributed by atoms with van der Waals surface area (Å²) in [4.78, 5) is 5.39. The number of hydrogen-bond acceptors (Lipinski definition) is 3. The van der Waals surface area contributed by atoms with E-state index in [2.05, 4.69) is 47.7 Å². The number of aromatic nitrogens is 1. The third-order valence-corrected chi connectivity index (χ3v) is 3.40. The fourth-order valence-corrected chi connectivity index (χ4v) is 2.08. The number of thioether (sulfide) groups is 1. The molecule has 17 heavy (non-hydrogen) atoms. The molecule has 0 spiro atoms. The number of rotatable bonds is 4. The first kappa shape index (κ1) is 12.0. The molecule has 0 radical (unpaired) electrons. The van der Waals surface area contributed by atoms with Crippen molar-refractivity contribution in [2.75, 3.05) is 11.6 Å². The molecular formula is C14H16N2S. The molecule has 0 aliphatic rings. The minimum atomic E-state index is 0.287. The second-order valence-corrected chi connectivity index (χ2v) is 4.76. The highest BCUT2D eigenvalue weighted by molar-refractivity contribution is 7.98. The van der Waals surface area contributed by atoms with Crippen LogP contribution in [0.2, 0.25) is 0 Å². The van der Waals surface area contributed by atoms with E-state index < -0.39 is 0 Å². The lowest BCUT2D eigenvalue weighted by Gasteiger charge is -2.15. The number of anilines is 1. The summed E-state index contributed by atoms with van der Waals surface area (Å²) in [6.45, 7) is 2.15. The Hall–Kier alpha value is -1.48. The number of benzene rings is 1. The zero-order chi connectivity index (χ0) is 12.1. The molecule has 2 nitrogen and oxygen atoms in total. The molecule has 1 heterocycles. The lowest BCUT2D eigenvalue weighted by Crippen LogP contribution is -2.06. The minimum absolute atomic E-state index is 0.287. The zero-order valence-electron chi connectivity index (χ0n) is 10.1. The Bertz CT molecular complexity index is 453. The number of nitrogens with one attached hydrogen (secondary N) is 1. The molecule has 1 atom stereocenters. The summed E-state index contributed by atoms with van der Waals surface area (Å²) in [5.74, 6) is 0. The van der Waals surface area contributed by atoms with Gasteiger partial charge in [-0.15, -0.1) is 11.8 Å². The summed E-state index contributed by atoms with van der Waals surface area (Å²) in [6, 6.07) is 12.9. The van der Waals surface area contributed by atoms with Crippen LogP contribution in [0, 0.1) is 0 Å². The maximum Gasteiger partial charge on any atom is 0.0531 e. The molecular weight excluding hydrogens is 228 g/mol. The molecule has 0 amide bonds. The topological polar surface area (TPSA) is 24.9 Å². The maximum absolute atomic E-state index is 4.09. The Morgan fingerprint density at radius 1 is 1.18 bits per heavy atom. The van der Waals surface area contributed by atoms with E-state index in [-0.39, 0.29) is 6.04 Å². The zero-order valence-corrected chi connectivity index (χ0v) is 10.9. The van der Waals surface area contributed by atoms with Gasteiger partial charge in [0.2, 0.25) is 0 Å². The first-order valence-electron chi connectivity index (χ1n) is 5.60. The molecule has 1 unspecified atom stereocenters. The predicted octanol–water partition coefficient (Wildman–Crippen LogP) is 3.98. The lowest BCUT2D eigenvalue weighted by atomic mass is 10.1. The molecule has 3 heteroatoms. The second kappa shape index (κ2) is 5.73. The van der Waals surface area contributed by atoms with Gasteiger partial charge in [0.1, 0.15) is 0 Å². The third kappa shape index (κ3) is 3.24. The SMILES string of the molecule is CSc1ccc(C(C)Nc2cccnc2)cc1. The smallest absolute Gasteiger partial charge is 0.0531 e. The second-order valence-electron chi connectivity index (χ2n) is 3.88. The molecule has 0 aliphatic heterocycles. The van der Waals surface area contributed by atoms with Gasteiger partial charge in [-0.1, -0.05) is 12.1 Å². The number of nitrogens with zero attached hydrogens (tertiary/aromatic N) is 1. The van der Waals surface area contributed by atoms with Crippen molar-refractivity contribution in [1.29, 1.82) is 0 Å². The quantitative estimate of drug-likeness (QED) is 0.824. The highest BCUT2D eigenvalue weighted by Gasteiger charge is 2.04. The molecule has 1 aromatic carbocycles. The van der Waals surface area contributed by atoms with E-state index in [1.54, 1.807) is 18.0 Å². The lowest BCUT2D eigenvalue weighted by molar-refractivity contribution is 0.881. The van der Waals surface area contributed by atoms with Crippen LogP contribution >= 0.6 is 11.8 Å². The highest BCUT2D eigenvalue weighted by Crippen LogP contribution is 2.21. The average Bonchev–Trinajstić information content (AvgIpc) is 2.40. The van der Waals surface area contributed by atoms with Crippen LogP contribution in [-0.4, -0.2) is 11.2 Å². The van der Waals surface area contributed by atoms with Crippen LogP contribution in [0.15, 0.2) is 53.7 Å². The van der Waals surface area contributed by atoms with Gasteiger partial charge in [-0.2, -0.15) is 0 Å². The molecule has 1 N–H and O–H groups in total. The average molecular weight is 244 g/mol. The van der Waals surface area contributed by atoms with Gasteiger partial charge >= 0.3 is 0 Å². The van der Waals surface area contributed by atoms with E-state index in [0.717, 1.165) is 5.69 Å². The molecule has 2 aromatic rings. The Labute approximate surface area is 106 Å². The summed E-state index contributed by atoms with van der Waals surface area (Å²) >= 11 is 1.76. The molecule has 0 bridgehead atoms. The van der Waals surface area contributed by atoms with Gasteiger partial charge in [-0.05, 0) is 43.0 Å². The van der Waals surface area contributed by atoms with Crippen LogP contribution in [0.3, 0.4) is 0 Å². The first-order chi connectivity index (χ1) is 8.29.